The second-order valence-electron chi connectivity index (χ2n) is 5.09. The summed E-state index contributed by atoms with van der Waals surface area (Å²) in [7, 11) is 1.48. The molecule has 0 heterocycles. The Morgan fingerprint density at radius 2 is 2.05 bits per heavy atom. The molecular formula is C13H19N3O4. The van der Waals surface area contributed by atoms with Crippen molar-refractivity contribution in [3.05, 3.63) is 33.9 Å². The molecule has 1 aromatic carbocycles. The molecule has 7 nitrogen and oxygen atoms in total. The van der Waals surface area contributed by atoms with Crippen LogP contribution in [0.15, 0.2) is 18.2 Å². The minimum absolute atomic E-state index is 0.147. The number of hydrogen-bond acceptors (Lipinski definition) is 5. The summed E-state index contributed by atoms with van der Waals surface area (Å²) in [6, 6.07) is 4.06. The molecular weight excluding hydrogens is 262 g/mol. The Labute approximate surface area is 117 Å². The van der Waals surface area contributed by atoms with Gasteiger partial charge in [0.05, 0.1) is 16.6 Å². The Morgan fingerprint density at radius 3 is 2.50 bits per heavy atom. The van der Waals surface area contributed by atoms with Gasteiger partial charge in [0.2, 0.25) is 0 Å². The van der Waals surface area contributed by atoms with E-state index >= 15 is 0 Å². The smallest absolute Gasteiger partial charge is 0.292 e. The third-order valence-electron chi connectivity index (χ3n) is 3.18. The standard InChI is InChI=1S/C13H19N3O4/c1-8(17)13(2,3)15-10-7-9(12(18)14-4)5-6-11(10)16(19)20/h5-8,15,17H,1-4H3,(H,14,18). The van der Waals surface area contributed by atoms with Crippen molar-refractivity contribution in [3.63, 3.8) is 0 Å². The Kier molecular flexibility index (Phi) is 4.67. The van der Waals surface area contributed by atoms with Crippen molar-refractivity contribution in [2.75, 3.05) is 12.4 Å². The largest absolute Gasteiger partial charge is 0.391 e. The summed E-state index contributed by atoms with van der Waals surface area (Å²) < 4.78 is 0. The molecule has 1 aromatic rings. The monoisotopic (exact) mass is 281 g/mol. The molecule has 1 rings (SSSR count). The first-order valence-corrected chi connectivity index (χ1v) is 6.16. The molecule has 0 saturated carbocycles. The molecule has 0 aliphatic rings. The summed E-state index contributed by atoms with van der Waals surface area (Å²) in [5.41, 5.74) is -0.415. The van der Waals surface area contributed by atoms with Crippen LogP contribution < -0.4 is 10.6 Å². The van der Waals surface area contributed by atoms with Gasteiger partial charge in [-0.1, -0.05) is 0 Å². The van der Waals surface area contributed by atoms with Crippen LogP contribution in [0.1, 0.15) is 31.1 Å². The lowest BCUT2D eigenvalue weighted by atomic mass is 9.97. The second-order valence-corrected chi connectivity index (χ2v) is 5.09. The lowest BCUT2D eigenvalue weighted by molar-refractivity contribution is -0.384. The van der Waals surface area contributed by atoms with E-state index in [2.05, 4.69) is 10.6 Å². The van der Waals surface area contributed by atoms with Crippen LogP contribution in [0.4, 0.5) is 11.4 Å². The number of nitro groups is 1. The first-order chi connectivity index (χ1) is 9.19. The van der Waals surface area contributed by atoms with Crippen molar-refractivity contribution in [3.8, 4) is 0 Å². The fourth-order valence-corrected chi connectivity index (χ4v) is 1.53. The Morgan fingerprint density at radius 1 is 1.45 bits per heavy atom. The van der Waals surface area contributed by atoms with Crippen molar-refractivity contribution >= 4 is 17.3 Å². The molecule has 0 saturated heterocycles. The lowest BCUT2D eigenvalue weighted by Gasteiger charge is -2.30. The highest BCUT2D eigenvalue weighted by atomic mass is 16.6. The number of nitrogens with zero attached hydrogens (tertiary/aromatic N) is 1. The summed E-state index contributed by atoms with van der Waals surface area (Å²) in [4.78, 5) is 22.1. The van der Waals surface area contributed by atoms with E-state index in [1.54, 1.807) is 20.8 Å². The van der Waals surface area contributed by atoms with Crippen LogP contribution in [0.3, 0.4) is 0 Å². The van der Waals surface area contributed by atoms with E-state index in [0.717, 1.165) is 0 Å². The van der Waals surface area contributed by atoms with Gasteiger partial charge in [0.1, 0.15) is 5.69 Å². The zero-order valence-electron chi connectivity index (χ0n) is 11.9. The van der Waals surface area contributed by atoms with E-state index in [4.69, 9.17) is 0 Å². The van der Waals surface area contributed by atoms with E-state index in [9.17, 15) is 20.0 Å². The molecule has 110 valence electrons. The molecule has 1 amide bonds. The maximum Gasteiger partial charge on any atom is 0.292 e. The lowest BCUT2D eigenvalue weighted by Crippen LogP contribution is -2.42. The summed E-state index contributed by atoms with van der Waals surface area (Å²) >= 11 is 0. The highest BCUT2D eigenvalue weighted by Gasteiger charge is 2.27. The predicted octanol–water partition coefficient (Wildman–Crippen LogP) is 1.53. The molecule has 0 aliphatic heterocycles. The normalized spacial score (nSPS) is 12.7. The highest BCUT2D eigenvalue weighted by Crippen LogP contribution is 2.29. The van der Waals surface area contributed by atoms with Crippen LogP contribution in [0.25, 0.3) is 0 Å². The number of nitrogens with one attached hydrogen (secondary N) is 2. The van der Waals surface area contributed by atoms with Crippen LogP contribution in [-0.2, 0) is 0 Å². The van der Waals surface area contributed by atoms with Gasteiger partial charge in [-0.3, -0.25) is 14.9 Å². The molecule has 0 spiro atoms. The maximum absolute atomic E-state index is 11.6. The molecule has 3 N–H and O–H groups in total. The number of benzene rings is 1. The fraction of sp³-hybridized carbons (Fsp3) is 0.462. The quantitative estimate of drug-likeness (QED) is 0.560. The Hall–Kier alpha value is -2.15. The molecule has 0 radical (unpaired) electrons. The first kappa shape index (κ1) is 15.9. The average molecular weight is 281 g/mol. The van der Waals surface area contributed by atoms with Crippen LogP contribution in [0.5, 0.6) is 0 Å². The van der Waals surface area contributed by atoms with Gasteiger partial charge in [-0.25, -0.2) is 0 Å². The molecule has 1 unspecified atom stereocenters. The molecule has 0 fully saturated rings. The second kappa shape index (κ2) is 5.87. The molecule has 0 aromatic heterocycles. The molecule has 1 atom stereocenters. The zero-order valence-corrected chi connectivity index (χ0v) is 11.9. The van der Waals surface area contributed by atoms with Gasteiger partial charge in [0.25, 0.3) is 11.6 Å². The van der Waals surface area contributed by atoms with E-state index in [1.165, 1.54) is 25.2 Å². The molecule has 7 heteroatoms. The predicted molar refractivity (Wildman–Crippen MR) is 75.9 cm³/mol. The number of anilines is 1. The first-order valence-electron chi connectivity index (χ1n) is 6.16. The van der Waals surface area contributed by atoms with E-state index < -0.39 is 16.6 Å². The molecule has 20 heavy (non-hydrogen) atoms. The Bertz CT molecular complexity index is 526. The van der Waals surface area contributed by atoms with Gasteiger partial charge in [-0.05, 0) is 32.9 Å². The zero-order chi connectivity index (χ0) is 15.5. The molecule has 0 aliphatic carbocycles. The van der Waals surface area contributed by atoms with Crippen molar-refractivity contribution in [2.24, 2.45) is 0 Å². The van der Waals surface area contributed by atoms with Crippen molar-refractivity contribution in [2.45, 2.75) is 32.4 Å². The number of aliphatic hydroxyl groups excluding tert-OH is 1. The summed E-state index contributed by atoms with van der Waals surface area (Å²) in [5, 5.41) is 26.1. The topological polar surface area (TPSA) is 104 Å². The highest BCUT2D eigenvalue weighted by molar-refractivity contribution is 5.95. The van der Waals surface area contributed by atoms with Crippen LogP contribution >= 0.6 is 0 Å². The van der Waals surface area contributed by atoms with E-state index in [0.29, 0.717) is 5.56 Å². The van der Waals surface area contributed by atoms with Crippen LogP contribution in [0, 0.1) is 10.1 Å². The average Bonchev–Trinajstić information content (AvgIpc) is 2.36. The number of carbonyl (C=O) groups excluding carboxylic acids is 1. The third kappa shape index (κ3) is 3.45. The molecule has 0 bridgehead atoms. The Balaban J connectivity index is 3.26. The number of hydrogen-bond donors (Lipinski definition) is 3. The summed E-state index contributed by atoms with van der Waals surface area (Å²) in [6.07, 6.45) is -0.731. The summed E-state index contributed by atoms with van der Waals surface area (Å²) in [6.45, 7) is 5.02. The van der Waals surface area contributed by atoms with Gasteiger partial charge in [-0.15, -0.1) is 0 Å². The minimum atomic E-state index is -0.772. The summed E-state index contributed by atoms with van der Waals surface area (Å²) in [5.74, 6) is -0.335. The number of amides is 1. The number of aliphatic hydroxyl groups is 1. The van der Waals surface area contributed by atoms with Gasteiger partial charge in [-0.2, -0.15) is 0 Å². The van der Waals surface area contributed by atoms with Gasteiger partial charge < -0.3 is 15.7 Å². The van der Waals surface area contributed by atoms with Crippen LogP contribution in [0.2, 0.25) is 0 Å². The van der Waals surface area contributed by atoms with Crippen molar-refractivity contribution in [1.29, 1.82) is 0 Å². The van der Waals surface area contributed by atoms with Crippen molar-refractivity contribution in [1.82, 2.24) is 5.32 Å². The van der Waals surface area contributed by atoms with Crippen LogP contribution in [-0.4, -0.2) is 34.6 Å². The number of rotatable bonds is 5. The van der Waals surface area contributed by atoms with Gasteiger partial charge in [0, 0.05) is 18.7 Å². The van der Waals surface area contributed by atoms with Gasteiger partial charge >= 0.3 is 0 Å². The van der Waals surface area contributed by atoms with Crippen molar-refractivity contribution < 1.29 is 14.8 Å². The number of nitro benzene ring substituents is 1. The van der Waals surface area contributed by atoms with Gasteiger partial charge in [0.15, 0.2) is 0 Å². The number of carbonyl (C=O) groups is 1. The maximum atomic E-state index is 11.6. The minimum Gasteiger partial charge on any atom is -0.391 e. The SMILES string of the molecule is CNC(=O)c1ccc([N+](=O)[O-])c(NC(C)(C)C(C)O)c1. The fourth-order valence-electron chi connectivity index (χ4n) is 1.53. The van der Waals surface area contributed by atoms with E-state index in [1.807, 2.05) is 0 Å². The van der Waals surface area contributed by atoms with E-state index in [-0.39, 0.29) is 17.3 Å². The third-order valence-corrected chi connectivity index (χ3v) is 3.18.